The lowest BCUT2D eigenvalue weighted by Crippen LogP contribution is -2.35. The van der Waals surface area contributed by atoms with E-state index in [1.165, 1.54) is 6.08 Å². The van der Waals surface area contributed by atoms with E-state index in [1.54, 1.807) is 17.2 Å². The lowest BCUT2D eigenvalue weighted by Gasteiger charge is -2.23. The second-order valence-electron chi connectivity index (χ2n) is 2.76. The van der Waals surface area contributed by atoms with E-state index in [0.717, 1.165) is 0 Å². The van der Waals surface area contributed by atoms with Gasteiger partial charge in [-0.05, 0) is 12.2 Å². The van der Waals surface area contributed by atoms with Crippen molar-refractivity contribution in [3.63, 3.8) is 0 Å². The number of aliphatic hydroxyl groups is 1. The maximum atomic E-state index is 13.0. The summed E-state index contributed by atoms with van der Waals surface area (Å²) < 4.78 is 13.0. The minimum absolute atomic E-state index is 0.00458. The van der Waals surface area contributed by atoms with Gasteiger partial charge in [-0.2, -0.15) is 0 Å². The van der Waals surface area contributed by atoms with Crippen LogP contribution in [0.5, 0.6) is 0 Å². The molecule has 0 aliphatic carbocycles. The molecule has 0 aromatic rings. The van der Waals surface area contributed by atoms with E-state index in [9.17, 15) is 4.39 Å². The van der Waals surface area contributed by atoms with Crippen molar-refractivity contribution in [3.05, 3.63) is 24.2 Å². The third kappa shape index (κ3) is 0.956. The largest absolute Gasteiger partial charge is 0.394 e. The fourth-order valence-electron chi connectivity index (χ4n) is 1.37. The SMILES string of the molecule is OCC1CN=C2C(F)=CC=CN21. The predicted octanol–water partition coefficient (Wildman–Crippen LogP) is 0.442. The fraction of sp³-hybridized carbons (Fsp3) is 0.375. The van der Waals surface area contributed by atoms with Gasteiger partial charge in [0.2, 0.25) is 0 Å². The first-order valence-electron chi connectivity index (χ1n) is 3.81. The molecule has 1 atom stereocenters. The van der Waals surface area contributed by atoms with Crippen LogP contribution in [0.15, 0.2) is 29.2 Å². The van der Waals surface area contributed by atoms with Crippen molar-refractivity contribution in [2.75, 3.05) is 13.2 Å². The predicted molar refractivity (Wildman–Crippen MR) is 43.3 cm³/mol. The quantitative estimate of drug-likeness (QED) is 0.616. The smallest absolute Gasteiger partial charge is 0.165 e. The van der Waals surface area contributed by atoms with Crippen LogP contribution in [0.2, 0.25) is 0 Å². The molecule has 12 heavy (non-hydrogen) atoms. The van der Waals surface area contributed by atoms with Crippen molar-refractivity contribution < 1.29 is 9.50 Å². The third-order valence-corrected chi connectivity index (χ3v) is 2.00. The van der Waals surface area contributed by atoms with Gasteiger partial charge in [0.05, 0.1) is 19.2 Å². The molecule has 1 N–H and O–H groups in total. The number of nitrogens with zero attached hydrogens (tertiary/aromatic N) is 2. The standard InChI is InChI=1S/C8H9FN2O/c9-7-2-1-3-11-6(5-12)4-10-8(7)11/h1-3,6,12H,4-5H2. The van der Waals surface area contributed by atoms with E-state index in [-0.39, 0.29) is 18.5 Å². The van der Waals surface area contributed by atoms with Crippen LogP contribution in [0.25, 0.3) is 0 Å². The van der Waals surface area contributed by atoms with Crippen molar-refractivity contribution in [2.24, 2.45) is 4.99 Å². The van der Waals surface area contributed by atoms with Crippen LogP contribution in [0.1, 0.15) is 0 Å². The molecule has 0 aromatic carbocycles. The van der Waals surface area contributed by atoms with Crippen LogP contribution in [0.3, 0.4) is 0 Å². The van der Waals surface area contributed by atoms with E-state index < -0.39 is 0 Å². The van der Waals surface area contributed by atoms with Crippen LogP contribution < -0.4 is 0 Å². The minimum Gasteiger partial charge on any atom is -0.394 e. The first-order chi connectivity index (χ1) is 5.83. The molecule has 0 saturated heterocycles. The molecule has 0 bridgehead atoms. The number of allylic oxidation sites excluding steroid dienone is 2. The van der Waals surface area contributed by atoms with Crippen LogP contribution in [0, 0.1) is 0 Å². The highest BCUT2D eigenvalue weighted by Gasteiger charge is 2.29. The van der Waals surface area contributed by atoms with Gasteiger partial charge in [0.1, 0.15) is 0 Å². The number of hydrogen-bond donors (Lipinski definition) is 1. The van der Waals surface area contributed by atoms with Gasteiger partial charge in [-0.3, -0.25) is 4.99 Å². The molecule has 0 saturated carbocycles. The number of fused-ring (bicyclic) bond motifs is 1. The summed E-state index contributed by atoms with van der Waals surface area (Å²) in [4.78, 5) is 5.64. The van der Waals surface area contributed by atoms with Gasteiger partial charge in [-0.25, -0.2) is 4.39 Å². The van der Waals surface area contributed by atoms with Crippen molar-refractivity contribution >= 4 is 5.84 Å². The number of halogens is 1. The summed E-state index contributed by atoms with van der Waals surface area (Å²) in [5, 5.41) is 8.90. The van der Waals surface area contributed by atoms with Gasteiger partial charge in [0, 0.05) is 6.20 Å². The molecule has 0 aromatic heterocycles. The summed E-state index contributed by atoms with van der Waals surface area (Å²) >= 11 is 0. The molecule has 0 radical (unpaired) electrons. The van der Waals surface area contributed by atoms with Crippen molar-refractivity contribution in [2.45, 2.75) is 6.04 Å². The molecule has 0 spiro atoms. The molecule has 2 aliphatic heterocycles. The Labute approximate surface area is 69.5 Å². The summed E-state index contributed by atoms with van der Waals surface area (Å²) in [5.41, 5.74) is 0. The van der Waals surface area contributed by atoms with E-state index >= 15 is 0 Å². The number of hydrogen-bond acceptors (Lipinski definition) is 3. The number of aliphatic imine (C=N–C) groups is 1. The lowest BCUT2D eigenvalue weighted by atomic mass is 10.2. The third-order valence-electron chi connectivity index (χ3n) is 2.00. The first-order valence-corrected chi connectivity index (χ1v) is 3.81. The van der Waals surface area contributed by atoms with Gasteiger partial charge < -0.3 is 10.0 Å². The topological polar surface area (TPSA) is 35.8 Å². The van der Waals surface area contributed by atoms with Gasteiger partial charge in [0.25, 0.3) is 0 Å². The fourth-order valence-corrected chi connectivity index (χ4v) is 1.37. The van der Waals surface area contributed by atoms with E-state index in [2.05, 4.69) is 4.99 Å². The normalized spacial score (nSPS) is 26.8. The highest BCUT2D eigenvalue weighted by Crippen LogP contribution is 2.20. The zero-order chi connectivity index (χ0) is 8.55. The average Bonchev–Trinajstić information content (AvgIpc) is 2.49. The van der Waals surface area contributed by atoms with Gasteiger partial charge >= 0.3 is 0 Å². The maximum Gasteiger partial charge on any atom is 0.165 e. The molecule has 2 rings (SSSR count). The molecular formula is C8H9FN2O. The highest BCUT2D eigenvalue weighted by molar-refractivity contribution is 5.99. The number of amidine groups is 1. The molecule has 64 valence electrons. The lowest BCUT2D eigenvalue weighted by molar-refractivity contribution is 0.221. The summed E-state index contributed by atoms with van der Waals surface area (Å²) in [6.45, 7) is 0.474. The molecule has 4 heteroatoms. The van der Waals surface area contributed by atoms with Crippen LogP contribution >= 0.6 is 0 Å². The van der Waals surface area contributed by atoms with Crippen molar-refractivity contribution in [3.8, 4) is 0 Å². The molecule has 3 nitrogen and oxygen atoms in total. The Balaban J connectivity index is 2.26. The highest BCUT2D eigenvalue weighted by atomic mass is 19.1. The molecule has 0 fully saturated rings. The Morgan fingerprint density at radius 2 is 2.58 bits per heavy atom. The summed E-state index contributed by atoms with van der Waals surface area (Å²) in [5.74, 6) is 0.0185. The molecule has 0 amide bonds. The van der Waals surface area contributed by atoms with E-state index in [0.29, 0.717) is 12.4 Å². The number of aliphatic hydroxyl groups excluding tert-OH is 1. The van der Waals surface area contributed by atoms with E-state index in [4.69, 9.17) is 5.11 Å². The van der Waals surface area contributed by atoms with Gasteiger partial charge in [-0.15, -0.1) is 0 Å². The zero-order valence-electron chi connectivity index (χ0n) is 6.44. The monoisotopic (exact) mass is 168 g/mol. The molecule has 1 unspecified atom stereocenters. The Bertz CT molecular complexity index is 283. The Hall–Kier alpha value is -1.16. The second-order valence-corrected chi connectivity index (χ2v) is 2.76. The average molecular weight is 168 g/mol. The van der Waals surface area contributed by atoms with Crippen LogP contribution in [-0.2, 0) is 0 Å². The Morgan fingerprint density at radius 3 is 3.33 bits per heavy atom. The summed E-state index contributed by atoms with van der Waals surface area (Å²) in [7, 11) is 0. The summed E-state index contributed by atoms with van der Waals surface area (Å²) in [6.07, 6.45) is 4.72. The van der Waals surface area contributed by atoms with Crippen LogP contribution in [-0.4, -0.2) is 35.0 Å². The molecule has 2 heterocycles. The number of rotatable bonds is 1. The molecular weight excluding hydrogens is 159 g/mol. The van der Waals surface area contributed by atoms with Crippen molar-refractivity contribution in [1.82, 2.24) is 4.90 Å². The zero-order valence-corrected chi connectivity index (χ0v) is 6.44. The second kappa shape index (κ2) is 2.71. The van der Waals surface area contributed by atoms with E-state index in [1.807, 2.05) is 0 Å². The Morgan fingerprint density at radius 1 is 1.75 bits per heavy atom. The summed E-state index contributed by atoms with van der Waals surface area (Å²) in [6, 6.07) is -0.0873. The van der Waals surface area contributed by atoms with Crippen LogP contribution in [0.4, 0.5) is 4.39 Å². The van der Waals surface area contributed by atoms with Gasteiger partial charge in [0.15, 0.2) is 11.7 Å². The maximum absolute atomic E-state index is 13.0. The van der Waals surface area contributed by atoms with Crippen molar-refractivity contribution in [1.29, 1.82) is 0 Å². The first kappa shape index (κ1) is 7.49. The van der Waals surface area contributed by atoms with Gasteiger partial charge in [-0.1, -0.05) is 0 Å². The minimum atomic E-state index is -0.326. The Kier molecular flexibility index (Phi) is 1.69. The molecule has 2 aliphatic rings.